The number of rotatable bonds is 5. The molecule has 0 aliphatic rings. The Balaban J connectivity index is 1.87. The first-order valence-corrected chi connectivity index (χ1v) is 10.7. The van der Waals surface area contributed by atoms with E-state index >= 15 is 0 Å². The Bertz CT molecular complexity index is 718. The zero-order valence-corrected chi connectivity index (χ0v) is 16.1. The van der Waals surface area contributed by atoms with Gasteiger partial charge in [-0.15, -0.1) is 0 Å². The van der Waals surface area contributed by atoms with Crippen LogP contribution < -0.4 is 3.61 Å². The minimum absolute atomic E-state index is 0.380. The number of hydrogen-bond acceptors (Lipinski definition) is 1. The van der Waals surface area contributed by atoms with Gasteiger partial charge in [0.05, 0.1) is 0 Å². The zero-order valence-electron chi connectivity index (χ0n) is 13.0. The van der Waals surface area contributed by atoms with Crippen molar-refractivity contribution in [2.75, 3.05) is 0 Å². The van der Waals surface area contributed by atoms with Gasteiger partial charge < -0.3 is 0 Å². The van der Waals surface area contributed by atoms with Gasteiger partial charge in [0, 0.05) is 0 Å². The minimum atomic E-state index is -0.380. The normalized spacial score (nSPS) is 11.4. The van der Waals surface area contributed by atoms with Gasteiger partial charge in [0.25, 0.3) is 0 Å². The monoisotopic (exact) mass is 432 g/mol. The van der Waals surface area contributed by atoms with Crippen LogP contribution in [0.4, 0.5) is 0 Å². The number of hydrogen-bond donors (Lipinski definition) is 0. The molecule has 0 amide bonds. The van der Waals surface area contributed by atoms with E-state index in [4.69, 9.17) is 0 Å². The molecule has 0 aliphatic heterocycles. The first-order valence-electron chi connectivity index (χ1n) is 7.54. The molecule has 114 valence electrons. The van der Waals surface area contributed by atoms with Gasteiger partial charge in [-0.05, 0) is 0 Å². The number of benzene rings is 3. The predicted molar refractivity (Wildman–Crippen MR) is 103 cm³/mol. The summed E-state index contributed by atoms with van der Waals surface area (Å²) in [7, 11) is 0. The van der Waals surface area contributed by atoms with Gasteiger partial charge in [0.1, 0.15) is 0 Å². The average Bonchev–Trinajstić information content (AvgIpc) is 2.59. The van der Waals surface area contributed by atoms with Crippen LogP contribution in [-0.2, 0) is 0 Å². The van der Waals surface area contributed by atoms with E-state index in [0.29, 0.717) is 0 Å². The van der Waals surface area contributed by atoms with Gasteiger partial charge >= 0.3 is 153 Å². The van der Waals surface area contributed by atoms with Crippen molar-refractivity contribution in [2.24, 2.45) is 0 Å². The van der Waals surface area contributed by atoms with E-state index in [0.717, 1.165) is 0 Å². The zero-order chi connectivity index (χ0) is 15.9. The SMILES string of the molecule is Cc1ccc(/C=C(/Sc2ccccc2)[Te]c2ccccc2)cc1. The van der Waals surface area contributed by atoms with Gasteiger partial charge in [-0.25, -0.2) is 0 Å². The van der Waals surface area contributed by atoms with Crippen LogP contribution in [-0.4, -0.2) is 20.9 Å². The van der Waals surface area contributed by atoms with E-state index in [9.17, 15) is 0 Å². The van der Waals surface area contributed by atoms with E-state index in [1.54, 1.807) is 0 Å². The summed E-state index contributed by atoms with van der Waals surface area (Å²) in [6.07, 6.45) is 2.35. The maximum atomic E-state index is 2.35. The fourth-order valence-electron chi connectivity index (χ4n) is 2.09. The van der Waals surface area contributed by atoms with E-state index in [1.807, 2.05) is 11.8 Å². The van der Waals surface area contributed by atoms with Crippen LogP contribution in [0.2, 0.25) is 0 Å². The number of thioether (sulfide) groups is 1. The molecule has 0 fully saturated rings. The van der Waals surface area contributed by atoms with E-state index < -0.39 is 0 Å². The summed E-state index contributed by atoms with van der Waals surface area (Å²) in [5.41, 5.74) is 2.59. The van der Waals surface area contributed by atoms with Gasteiger partial charge in [0.2, 0.25) is 0 Å². The van der Waals surface area contributed by atoms with Crippen LogP contribution in [0.25, 0.3) is 6.08 Å². The third-order valence-electron chi connectivity index (χ3n) is 3.29. The summed E-state index contributed by atoms with van der Waals surface area (Å²) in [6, 6.07) is 30.3. The Kier molecular flexibility index (Phi) is 6.00. The molecule has 0 spiro atoms. The standard InChI is InChI=1S/C21H18STe/c1-17-12-14-18(15-13-17)16-21(22-19-8-4-2-5-9-19)23-20-10-6-3-7-11-20/h2-16H,1H3/b21-16-. The van der Waals surface area contributed by atoms with E-state index in [1.165, 1.54) is 22.6 Å². The molecule has 0 heterocycles. The third kappa shape index (κ3) is 5.29. The van der Waals surface area contributed by atoms with Crippen molar-refractivity contribution in [3.05, 3.63) is 99.0 Å². The summed E-state index contributed by atoms with van der Waals surface area (Å²) in [5.74, 6) is 0. The molecule has 2 heteroatoms. The number of aryl methyl sites for hydroxylation is 1. The Labute approximate surface area is 152 Å². The molecular formula is C21H18STe. The van der Waals surface area contributed by atoms with Crippen LogP contribution >= 0.6 is 11.8 Å². The van der Waals surface area contributed by atoms with Crippen molar-refractivity contribution >= 4 is 42.4 Å². The van der Waals surface area contributed by atoms with Gasteiger partial charge in [-0.1, -0.05) is 0 Å². The van der Waals surface area contributed by atoms with Gasteiger partial charge in [0.15, 0.2) is 0 Å². The van der Waals surface area contributed by atoms with Crippen LogP contribution in [0, 0.1) is 6.92 Å². The molecule has 0 bridgehead atoms. The van der Waals surface area contributed by atoms with Gasteiger partial charge in [-0.2, -0.15) is 0 Å². The fourth-order valence-corrected chi connectivity index (χ4v) is 6.73. The second kappa shape index (κ2) is 8.41. The molecule has 0 unspecified atom stereocenters. The van der Waals surface area contributed by atoms with Crippen molar-refractivity contribution in [1.29, 1.82) is 0 Å². The quantitative estimate of drug-likeness (QED) is 0.401. The Morgan fingerprint density at radius 2 is 1.39 bits per heavy atom. The molecule has 23 heavy (non-hydrogen) atoms. The summed E-state index contributed by atoms with van der Waals surface area (Å²) < 4.78 is 2.95. The Morgan fingerprint density at radius 3 is 2.04 bits per heavy atom. The second-order valence-electron chi connectivity index (χ2n) is 5.20. The Hall–Kier alpha value is -1.46. The molecule has 3 rings (SSSR count). The van der Waals surface area contributed by atoms with Crippen molar-refractivity contribution in [1.82, 2.24) is 0 Å². The molecule has 0 aliphatic carbocycles. The molecule has 0 nitrogen and oxygen atoms in total. The molecule has 0 atom stereocenters. The Morgan fingerprint density at radius 1 is 0.783 bits per heavy atom. The first-order chi connectivity index (χ1) is 11.3. The van der Waals surface area contributed by atoms with Crippen LogP contribution in [0.15, 0.2) is 92.8 Å². The predicted octanol–water partition coefficient (Wildman–Crippen LogP) is 5.12. The average molecular weight is 430 g/mol. The molecule has 0 aromatic heterocycles. The molecule has 0 N–H and O–H groups in total. The van der Waals surface area contributed by atoms with Crippen molar-refractivity contribution in [3.8, 4) is 0 Å². The van der Waals surface area contributed by atoms with E-state index in [2.05, 4.69) is 97.9 Å². The maximum absolute atomic E-state index is 2.35. The molecular weight excluding hydrogens is 412 g/mol. The summed E-state index contributed by atoms with van der Waals surface area (Å²) in [5, 5.41) is 0. The summed E-state index contributed by atoms with van der Waals surface area (Å²) in [6.45, 7) is 2.13. The third-order valence-corrected chi connectivity index (χ3v) is 7.74. The van der Waals surface area contributed by atoms with Crippen molar-refractivity contribution < 1.29 is 0 Å². The topological polar surface area (TPSA) is 0 Å². The first kappa shape index (κ1) is 16.4. The van der Waals surface area contributed by atoms with Crippen LogP contribution in [0.1, 0.15) is 11.1 Å². The van der Waals surface area contributed by atoms with Gasteiger partial charge in [-0.3, -0.25) is 0 Å². The van der Waals surface area contributed by atoms with Crippen molar-refractivity contribution in [3.63, 3.8) is 0 Å². The molecule has 3 aromatic carbocycles. The van der Waals surface area contributed by atoms with Crippen LogP contribution in [0.3, 0.4) is 0 Å². The molecule has 0 radical (unpaired) electrons. The molecule has 0 saturated heterocycles. The second-order valence-corrected chi connectivity index (χ2v) is 10.3. The van der Waals surface area contributed by atoms with Crippen molar-refractivity contribution in [2.45, 2.75) is 11.8 Å². The summed E-state index contributed by atoms with van der Waals surface area (Å²) >= 11 is 1.52. The fraction of sp³-hybridized carbons (Fsp3) is 0.0476. The molecule has 0 saturated carbocycles. The molecule has 3 aromatic rings. The van der Waals surface area contributed by atoms with Crippen LogP contribution in [0.5, 0.6) is 0 Å². The van der Waals surface area contributed by atoms with E-state index in [-0.39, 0.29) is 20.9 Å². The summed E-state index contributed by atoms with van der Waals surface area (Å²) in [4.78, 5) is 1.31.